The fourth-order valence-electron chi connectivity index (χ4n) is 0.465. The molecule has 0 aromatic carbocycles. The lowest BCUT2D eigenvalue weighted by Crippen LogP contribution is -2.14. The molecule has 2 nitrogen and oxygen atoms in total. The highest BCUT2D eigenvalue weighted by Crippen LogP contribution is 2.21. The van der Waals surface area contributed by atoms with Gasteiger partial charge in [0, 0.05) is 5.47 Å². The van der Waals surface area contributed by atoms with Gasteiger partial charge in [0.15, 0.2) is 0 Å². The van der Waals surface area contributed by atoms with E-state index in [0.717, 1.165) is 0 Å². The van der Waals surface area contributed by atoms with Gasteiger partial charge in [-0.2, -0.15) is 0 Å². The Morgan fingerprint density at radius 2 is 1.82 bits per heavy atom. The maximum Gasteiger partial charge on any atom is 0.489 e. The van der Waals surface area contributed by atoms with Crippen molar-refractivity contribution >= 4 is 30.3 Å². The maximum absolute atomic E-state index is 8.67. The summed E-state index contributed by atoms with van der Waals surface area (Å²) >= 11 is 10.9. The summed E-state index contributed by atoms with van der Waals surface area (Å²) in [6, 6.07) is 0. The van der Waals surface area contributed by atoms with E-state index in [9.17, 15) is 0 Å². The first-order valence-corrected chi connectivity index (χ1v) is 3.49. The first-order chi connectivity index (χ1) is 5.00. The van der Waals surface area contributed by atoms with E-state index < -0.39 is 7.12 Å². The van der Waals surface area contributed by atoms with E-state index >= 15 is 0 Å². The fraction of sp³-hybridized carbons (Fsp3) is 0. The molecule has 0 amide bonds. The molecule has 0 saturated carbocycles. The highest BCUT2D eigenvalue weighted by molar-refractivity contribution is 6.57. The van der Waals surface area contributed by atoms with Crippen molar-refractivity contribution in [2.75, 3.05) is 0 Å². The Morgan fingerprint density at radius 3 is 1.91 bits per heavy atom. The molecule has 2 N–H and O–H groups in total. The van der Waals surface area contributed by atoms with Gasteiger partial charge in [-0.05, 0) is 0 Å². The minimum absolute atomic E-state index is 0.0108. The molecule has 0 rings (SSSR count). The van der Waals surface area contributed by atoms with Gasteiger partial charge in [-0.3, -0.25) is 0 Å². The van der Waals surface area contributed by atoms with E-state index in [0.29, 0.717) is 0 Å². The summed E-state index contributed by atoms with van der Waals surface area (Å²) in [6.45, 7) is 6.64. The van der Waals surface area contributed by atoms with Gasteiger partial charge in [0.25, 0.3) is 0 Å². The van der Waals surface area contributed by atoms with Crippen LogP contribution in [0.15, 0.2) is 34.8 Å². The Hall–Kier alpha value is -0.215. The molecule has 0 aromatic rings. The second-order valence-corrected chi connectivity index (χ2v) is 2.59. The summed E-state index contributed by atoms with van der Waals surface area (Å²) in [5.41, 5.74) is 0.0478. The van der Waals surface area contributed by atoms with Crippen LogP contribution in [-0.4, -0.2) is 17.2 Å². The molecule has 5 heteroatoms. The molecular formula is C6H7BCl2O2. The average molecular weight is 193 g/mol. The number of rotatable bonds is 3. The third-order valence-corrected chi connectivity index (χ3v) is 1.72. The Labute approximate surface area is 75.6 Å². The predicted octanol–water partition coefficient (Wildman–Crippen LogP) is 1.43. The molecule has 0 spiro atoms. The zero-order valence-corrected chi connectivity index (χ0v) is 7.23. The van der Waals surface area contributed by atoms with Crippen molar-refractivity contribution in [1.29, 1.82) is 0 Å². The molecule has 0 atom stereocenters. The normalized spacial score (nSPS) is 12.0. The molecule has 0 aliphatic rings. The Balaban J connectivity index is 4.83. The molecular weight excluding hydrogens is 186 g/mol. The molecule has 0 aliphatic heterocycles. The lowest BCUT2D eigenvalue weighted by Gasteiger charge is -2.02. The van der Waals surface area contributed by atoms with Gasteiger partial charge in [0.1, 0.15) is 0 Å². The number of hydrogen-bond donors (Lipinski definition) is 2. The van der Waals surface area contributed by atoms with Gasteiger partial charge >= 0.3 is 7.12 Å². The summed E-state index contributed by atoms with van der Waals surface area (Å²) in [6.07, 6.45) is 1.21. The third-order valence-electron chi connectivity index (χ3n) is 0.990. The lowest BCUT2D eigenvalue weighted by atomic mass is 9.79. The molecule has 11 heavy (non-hydrogen) atoms. The Morgan fingerprint density at radius 1 is 1.36 bits per heavy atom. The van der Waals surface area contributed by atoms with Gasteiger partial charge in [-0.25, -0.2) is 0 Å². The van der Waals surface area contributed by atoms with Gasteiger partial charge in [-0.15, -0.1) is 0 Å². The lowest BCUT2D eigenvalue weighted by molar-refractivity contribution is 0.420. The van der Waals surface area contributed by atoms with Crippen molar-refractivity contribution in [2.45, 2.75) is 0 Å². The van der Waals surface area contributed by atoms with Gasteiger partial charge in [0.05, 0.1) is 10.1 Å². The summed E-state index contributed by atoms with van der Waals surface area (Å²) in [4.78, 5) is 0. The van der Waals surface area contributed by atoms with Crippen LogP contribution in [0.3, 0.4) is 0 Å². The molecule has 0 radical (unpaired) electrons. The van der Waals surface area contributed by atoms with Crippen LogP contribution in [0.4, 0.5) is 0 Å². The highest BCUT2D eigenvalue weighted by atomic mass is 35.5. The van der Waals surface area contributed by atoms with Crippen LogP contribution in [0, 0.1) is 0 Å². The summed E-state index contributed by atoms with van der Waals surface area (Å²) in [7, 11) is -1.67. The second kappa shape index (κ2) is 4.62. The van der Waals surface area contributed by atoms with Crippen molar-refractivity contribution in [2.24, 2.45) is 0 Å². The van der Waals surface area contributed by atoms with Crippen LogP contribution >= 0.6 is 23.2 Å². The zero-order valence-electron chi connectivity index (χ0n) is 5.72. The van der Waals surface area contributed by atoms with Crippen LogP contribution < -0.4 is 0 Å². The quantitative estimate of drug-likeness (QED) is 0.525. The minimum atomic E-state index is -1.67. The SMILES string of the molecule is C=C/C(B(O)O)=C(/Cl)C(=C)Cl. The second-order valence-electron chi connectivity index (χ2n) is 1.75. The predicted molar refractivity (Wildman–Crippen MR) is 48.3 cm³/mol. The maximum atomic E-state index is 8.67. The summed E-state index contributed by atoms with van der Waals surface area (Å²) in [5.74, 6) is 0. The molecule has 0 saturated heterocycles. The topological polar surface area (TPSA) is 40.5 Å². The minimum Gasteiger partial charge on any atom is -0.423 e. The summed E-state index contributed by atoms with van der Waals surface area (Å²) < 4.78 is 0. The number of allylic oxidation sites excluding steroid dienone is 4. The molecule has 0 unspecified atom stereocenters. The molecule has 0 aliphatic carbocycles. The average Bonchev–Trinajstić information content (AvgIpc) is 1.88. The van der Waals surface area contributed by atoms with Gasteiger partial charge in [0.2, 0.25) is 0 Å². The van der Waals surface area contributed by atoms with Crippen molar-refractivity contribution in [3.63, 3.8) is 0 Å². The summed E-state index contributed by atoms with van der Waals surface area (Å²) in [5, 5.41) is 17.4. The first-order valence-electron chi connectivity index (χ1n) is 2.73. The van der Waals surface area contributed by atoms with Crippen molar-refractivity contribution < 1.29 is 10.0 Å². The standard InChI is InChI=1S/C6H7BCl2O2/c1-3-5(7(10)11)6(9)4(2)8/h3,10-11H,1-2H2/b6-5-. The van der Waals surface area contributed by atoms with Crippen LogP contribution in [0.2, 0.25) is 0 Å². The zero-order chi connectivity index (χ0) is 9.02. The first kappa shape index (κ1) is 10.8. The van der Waals surface area contributed by atoms with Crippen molar-refractivity contribution in [3.8, 4) is 0 Å². The smallest absolute Gasteiger partial charge is 0.423 e. The van der Waals surface area contributed by atoms with Crippen molar-refractivity contribution in [3.05, 3.63) is 34.8 Å². The van der Waals surface area contributed by atoms with E-state index in [4.69, 9.17) is 33.2 Å². The third kappa shape index (κ3) is 3.12. The molecule has 0 bridgehead atoms. The van der Waals surface area contributed by atoms with Crippen LogP contribution in [-0.2, 0) is 0 Å². The highest BCUT2D eigenvalue weighted by Gasteiger charge is 2.16. The van der Waals surface area contributed by atoms with Gasteiger partial charge < -0.3 is 10.0 Å². The number of halogens is 2. The van der Waals surface area contributed by atoms with Crippen molar-refractivity contribution in [1.82, 2.24) is 0 Å². The van der Waals surface area contributed by atoms with Crippen LogP contribution in [0.25, 0.3) is 0 Å². The molecule has 60 valence electrons. The molecule has 0 fully saturated rings. The Bertz CT molecular complexity index is 211. The monoisotopic (exact) mass is 192 g/mol. The van der Waals surface area contributed by atoms with Gasteiger partial charge in [-0.1, -0.05) is 42.4 Å². The van der Waals surface area contributed by atoms with E-state index in [1.165, 1.54) is 6.08 Å². The fourth-order valence-corrected chi connectivity index (χ4v) is 0.749. The molecule has 0 heterocycles. The number of hydrogen-bond acceptors (Lipinski definition) is 2. The molecule has 0 aromatic heterocycles. The van der Waals surface area contributed by atoms with E-state index in [-0.39, 0.29) is 15.5 Å². The Kier molecular flexibility index (Phi) is 4.53. The van der Waals surface area contributed by atoms with Crippen LogP contribution in [0.1, 0.15) is 0 Å². The largest absolute Gasteiger partial charge is 0.489 e. The van der Waals surface area contributed by atoms with E-state index in [1.807, 2.05) is 0 Å². The van der Waals surface area contributed by atoms with E-state index in [1.54, 1.807) is 0 Å². The van der Waals surface area contributed by atoms with E-state index in [2.05, 4.69) is 13.2 Å². The van der Waals surface area contributed by atoms with Crippen LogP contribution in [0.5, 0.6) is 0 Å².